The summed E-state index contributed by atoms with van der Waals surface area (Å²) in [6.45, 7) is 6.92. The number of nitrogens with one attached hydrogen (secondary N) is 2. The van der Waals surface area contributed by atoms with Crippen molar-refractivity contribution in [1.29, 1.82) is 0 Å². The molecular weight excluding hydrogens is 314 g/mol. The third kappa shape index (κ3) is 3.15. The van der Waals surface area contributed by atoms with Crippen molar-refractivity contribution in [3.8, 4) is 5.75 Å². The van der Waals surface area contributed by atoms with Crippen molar-refractivity contribution in [3.05, 3.63) is 46.3 Å². The minimum absolute atomic E-state index is 0.0938. The number of hydrogen-bond donors (Lipinski definition) is 2. The number of aromatic nitrogens is 2. The van der Waals surface area contributed by atoms with Crippen molar-refractivity contribution >= 4 is 5.91 Å². The van der Waals surface area contributed by atoms with Gasteiger partial charge in [-0.25, -0.2) is 0 Å². The van der Waals surface area contributed by atoms with Crippen LogP contribution in [0.2, 0.25) is 0 Å². The van der Waals surface area contributed by atoms with E-state index in [2.05, 4.69) is 42.4 Å². The van der Waals surface area contributed by atoms with Crippen molar-refractivity contribution in [2.45, 2.75) is 58.6 Å². The number of fused-ring (bicyclic) bond motifs is 2. The zero-order valence-electron chi connectivity index (χ0n) is 15.1. The van der Waals surface area contributed by atoms with Gasteiger partial charge in [-0.15, -0.1) is 0 Å². The first-order chi connectivity index (χ1) is 11.9. The standard InChI is InChI=1S/C20H25N3O2/c1-12-4-6-16-15(8-12)18(23-22-16)19(24)21-11-13-5-7-17-14(9-13)10-20(2,3)25-17/h5,7,9,12H,4,6,8,10-11H2,1-3H3,(H,21,24)(H,22,23)/t12-/m1/s1. The summed E-state index contributed by atoms with van der Waals surface area (Å²) in [6, 6.07) is 6.15. The van der Waals surface area contributed by atoms with Crippen LogP contribution in [0.1, 0.15) is 60.1 Å². The van der Waals surface area contributed by atoms with Gasteiger partial charge in [0.1, 0.15) is 11.4 Å². The summed E-state index contributed by atoms with van der Waals surface area (Å²) in [5.74, 6) is 1.47. The van der Waals surface area contributed by atoms with Gasteiger partial charge in [0.15, 0.2) is 5.69 Å². The van der Waals surface area contributed by atoms with Crippen LogP contribution < -0.4 is 10.1 Å². The number of benzene rings is 1. The average molecular weight is 339 g/mol. The lowest BCUT2D eigenvalue weighted by Crippen LogP contribution is -2.25. The summed E-state index contributed by atoms with van der Waals surface area (Å²) >= 11 is 0. The molecule has 1 aliphatic heterocycles. The average Bonchev–Trinajstić information content (AvgIpc) is 3.10. The fourth-order valence-electron chi connectivity index (χ4n) is 3.90. The number of nitrogens with zero attached hydrogens (tertiary/aromatic N) is 1. The van der Waals surface area contributed by atoms with Gasteiger partial charge in [-0.05, 0) is 56.2 Å². The van der Waals surface area contributed by atoms with Gasteiger partial charge >= 0.3 is 0 Å². The number of aromatic amines is 1. The van der Waals surface area contributed by atoms with Crippen LogP contribution in [0, 0.1) is 5.92 Å². The van der Waals surface area contributed by atoms with E-state index in [1.54, 1.807) is 0 Å². The molecule has 1 aliphatic carbocycles. The molecule has 1 aromatic carbocycles. The molecule has 0 saturated heterocycles. The maximum Gasteiger partial charge on any atom is 0.272 e. The number of aryl methyl sites for hydroxylation is 1. The molecule has 2 N–H and O–H groups in total. The highest BCUT2D eigenvalue weighted by Crippen LogP contribution is 2.35. The summed E-state index contributed by atoms with van der Waals surface area (Å²) in [6.07, 6.45) is 3.97. The molecule has 25 heavy (non-hydrogen) atoms. The summed E-state index contributed by atoms with van der Waals surface area (Å²) in [4.78, 5) is 12.6. The third-order valence-electron chi connectivity index (χ3n) is 5.19. The third-order valence-corrected chi connectivity index (χ3v) is 5.19. The van der Waals surface area contributed by atoms with Crippen LogP contribution in [0.3, 0.4) is 0 Å². The largest absolute Gasteiger partial charge is 0.487 e. The molecule has 2 aliphatic rings. The van der Waals surface area contributed by atoms with Gasteiger partial charge in [-0.1, -0.05) is 19.1 Å². The Bertz CT molecular complexity index is 822. The predicted molar refractivity (Wildman–Crippen MR) is 95.8 cm³/mol. The fraction of sp³-hybridized carbons (Fsp3) is 0.500. The number of carbonyl (C=O) groups is 1. The zero-order valence-corrected chi connectivity index (χ0v) is 15.1. The van der Waals surface area contributed by atoms with Gasteiger partial charge in [0, 0.05) is 24.2 Å². The number of amides is 1. The molecule has 0 saturated carbocycles. The molecule has 2 heterocycles. The molecule has 5 nitrogen and oxygen atoms in total. The number of carbonyl (C=O) groups excluding carboxylic acids is 1. The van der Waals surface area contributed by atoms with Crippen LogP contribution in [0.25, 0.3) is 0 Å². The second kappa shape index (κ2) is 5.90. The van der Waals surface area contributed by atoms with Crippen LogP contribution in [0.15, 0.2) is 18.2 Å². The van der Waals surface area contributed by atoms with E-state index in [-0.39, 0.29) is 11.5 Å². The highest BCUT2D eigenvalue weighted by atomic mass is 16.5. The highest BCUT2D eigenvalue weighted by molar-refractivity contribution is 5.94. The first-order valence-corrected chi connectivity index (χ1v) is 9.06. The summed E-state index contributed by atoms with van der Waals surface area (Å²) in [5.41, 5.74) is 4.94. The Morgan fingerprint density at radius 1 is 1.44 bits per heavy atom. The van der Waals surface area contributed by atoms with Crippen molar-refractivity contribution in [3.63, 3.8) is 0 Å². The van der Waals surface area contributed by atoms with Crippen LogP contribution in [0.4, 0.5) is 0 Å². The minimum atomic E-state index is -0.144. The molecule has 0 unspecified atom stereocenters. The number of ether oxygens (including phenoxy) is 1. The number of H-pyrrole nitrogens is 1. The second-order valence-corrected chi connectivity index (χ2v) is 8.04. The van der Waals surface area contributed by atoms with Gasteiger partial charge < -0.3 is 10.1 Å². The minimum Gasteiger partial charge on any atom is -0.487 e. The van der Waals surface area contributed by atoms with Gasteiger partial charge in [-0.3, -0.25) is 9.89 Å². The van der Waals surface area contributed by atoms with E-state index in [0.29, 0.717) is 18.2 Å². The summed E-state index contributed by atoms with van der Waals surface area (Å²) in [5, 5.41) is 10.3. The van der Waals surface area contributed by atoms with E-state index >= 15 is 0 Å². The Hall–Kier alpha value is -2.30. The van der Waals surface area contributed by atoms with Crippen molar-refractivity contribution in [2.24, 2.45) is 5.92 Å². The SMILES string of the molecule is C[C@@H]1CCc2[nH]nc(C(=O)NCc3ccc4c(c3)CC(C)(C)O4)c2C1. The van der Waals surface area contributed by atoms with Crippen LogP contribution >= 0.6 is 0 Å². The molecule has 1 amide bonds. The molecule has 0 spiro atoms. The molecule has 5 heteroatoms. The van der Waals surface area contributed by atoms with Crippen molar-refractivity contribution < 1.29 is 9.53 Å². The Balaban J connectivity index is 1.44. The summed E-state index contributed by atoms with van der Waals surface area (Å²) in [7, 11) is 0. The first-order valence-electron chi connectivity index (χ1n) is 9.06. The molecule has 1 atom stereocenters. The van der Waals surface area contributed by atoms with Crippen molar-refractivity contribution in [1.82, 2.24) is 15.5 Å². The van der Waals surface area contributed by atoms with E-state index in [0.717, 1.165) is 48.3 Å². The number of hydrogen-bond acceptors (Lipinski definition) is 3. The van der Waals surface area contributed by atoms with Crippen LogP contribution in [0.5, 0.6) is 5.75 Å². The van der Waals surface area contributed by atoms with Gasteiger partial charge in [0.2, 0.25) is 0 Å². The Morgan fingerprint density at radius 3 is 3.12 bits per heavy atom. The van der Waals surface area contributed by atoms with E-state index in [1.165, 1.54) is 5.56 Å². The fourth-order valence-corrected chi connectivity index (χ4v) is 3.90. The Kier molecular flexibility index (Phi) is 3.82. The smallest absolute Gasteiger partial charge is 0.272 e. The van der Waals surface area contributed by atoms with E-state index in [9.17, 15) is 4.79 Å². The Labute approximate surface area is 148 Å². The van der Waals surface area contributed by atoms with Crippen LogP contribution in [-0.4, -0.2) is 21.7 Å². The first kappa shape index (κ1) is 16.2. The van der Waals surface area contributed by atoms with E-state index < -0.39 is 0 Å². The lowest BCUT2D eigenvalue weighted by Gasteiger charge is -2.18. The highest BCUT2D eigenvalue weighted by Gasteiger charge is 2.30. The van der Waals surface area contributed by atoms with Gasteiger partial charge in [-0.2, -0.15) is 5.10 Å². The second-order valence-electron chi connectivity index (χ2n) is 8.04. The maximum absolute atomic E-state index is 12.6. The lowest BCUT2D eigenvalue weighted by molar-refractivity contribution is 0.0944. The molecule has 1 aromatic heterocycles. The summed E-state index contributed by atoms with van der Waals surface area (Å²) < 4.78 is 5.90. The molecule has 0 radical (unpaired) electrons. The van der Waals surface area contributed by atoms with E-state index in [1.807, 2.05) is 12.1 Å². The topological polar surface area (TPSA) is 67.0 Å². The Morgan fingerprint density at radius 2 is 2.28 bits per heavy atom. The van der Waals surface area contributed by atoms with E-state index in [4.69, 9.17) is 4.74 Å². The normalized spacial score (nSPS) is 20.5. The molecular formula is C20H25N3O2. The monoisotopic (exact) mass is 339 g/mol. The quantitative estimate of drug-likeness (QED) is 0.902. The maximum atomic E-state index is 12.6. The number of rotatable bonds is 3. The molecule has 0 bridgehead atoms. The molecule has 4 rings (SSSR count). The van der Waals surface area contributed by atoms with Gasteiger partial charge in [0.25, 0.3) is 5.91 Å². The zero-order chi connectivity index (χ0) is 17.6. The molecule has 132 valence electrons. The molecule has 2 aromatic rings. The van der Waals surface area contributed by atoms with Crippen molar-refractivity contribution in [2.75, 3.05) is 0 Å². The van der Waals surface area contributed by atoms with Gasteiger partial charge in [0.05, 0.1) is 0 Å². The predicted octanol–water partition coefficient (Wildman–Crippen LogP) is 3.18. The van der Waals surface area contributed by atoms with Crippen LogP contribution in [-0.2, 0) is 25.8 Å². The molecule has 0 fully saturated rings. The lowest BCUT2D eigenvalue weighted by atomic mass is 9.87.